The van der Waals surface area contributed by atoms with Crippen LogP contribution in [0.15, 0.2) is 60.7 Å². The van der Waals surface area contributed by atoms with E-state index < -0.39 is 23.7 Å². The van der Waals surface area contributed by atoms with Gasteiger partial charge >= 0.3 is 5.97 Å². The summed E-state index contributed by atoms with van der Waals surface area (Å²) in [4.78, 5) is 37.0. The minimum Gasteiger partial charge on any atom is -0.463 e. The number of esters is 1. The van der Waals surface area contributed by atoms with Crippen LogP contribution >= 0.6 is 11.7 Å². The van der Waals surface area contributed by atoms with Crippen molar-refractivity contribution in [3.8, 4) is 11.3 Å². The molecule has 7 nitrogen and oxygen atoms in total. The van der Waals surface area contributed by atoms with Crippen LogP contribution < -0.4 is 5.32 Å². The second kappa shape index (κ2) is 9.01. The number of rotatable bonds is 7. The fraction of sp³-hybridized carbons (Fsp3) is 0.150. The number of nitrogens with zero attached hydrogens (tertiary/aromatic N) is 2. The lowest BCUT2D eigenvalue weighted by Gasteiger charge is -2.16. The Hall–Kier alpha value is -3.39. The Bertz CT molecular complexity index is 973. The maximum atomic E-state index is 12.8. The first kappa shape index (κ1) is 19.4. The summed E-state index contributed by atoms with van der Waals surface area (Å²) in [6.45, 7) is 0. The van der Waals surface area contributed by atoms with Crippen LogP contribution in [0.3, 0.4) is 0 Å². The van der Waals surface area contributed by atoms with Gasteiger partial charge in [0.15, 0.2) is 5.69 Å². The maximum Gasteiger partial charge on any atom is 0.376 e. The van der Waals surface area contributed by atoms with Crippen LogP contribution in [0.4, 0.5) is 0 Å². The molecule has 0 aliphatic carbocycles. The highest BCUT2D eigenvalue weighted by molar-refractivity contribution is 6.99. The van der Waals surface area contributed by atoms with Crippen molar-refractivity contribution in [1.29, 1.82) is 0 Å². The molecule has 0 aliphatic heterocycles. The number of hydrogen-bond donors (Lipinski definition) is 1. The van der Waals surface area contributed by atoms with E-state index in [9.17, 15) is 14.4 Å². The highest BCUT2D eigenvalue weighted by atomic mass is 32.1. The van der Waals surface area contributed by atoms with E-state index in [0.29, 0.717) is 5.69 Å². The summed E-state index contributed by atoms with van der Waals surface area (Å²) in [5.41, 5.74) is 2.06. The third kappa shape index (κ3) is 4.47. The molecule has 1 unspecified atom stereocenters. The van der Waals surface area contributed by atoms with Gasteiger partial charge in [0, 0.05) is 12.0 Å². The number of amides is 1. The van der Waals surface area contributed by atoms with Gasteiger partial charge in [-0.15, -0.1) is 0 Å². The normalized spacial score (nSPS) is 11.5. The second-order valence-corrected chi connectivity index (χ2v) is 6.43. The molecule has 0 saturated carbocycles. The van der Waals surface area contributed by atoms with Crippen molar-refractivity contribution >= 4 is 29.4 Å². The van der Waals surface area contributed by atoms with Crippen LogP contribution in [0.2, 0.25) is 0 Å². The van der Waals surface area contributed by atoms with Gasteiger partial charge in [-0.05, 0) is 5.56 Å². The van der Waals surface area contributed by atoms with Crippen LogP contribution in [0.5, 0.6) is 0 Å². The summed E-state index contributed by atoms with van der Waals surface area (Å²) >= 11 is 0.902. The second-order valence-electron chi connectivity index (χ2n) is 5.90. The molecule has 2 aromatic carbocycles. The molecule has 0 radical (unpaired) electrons. The monoisotopic (exact) mass is 395 g/mol. The fourth-order valence-corrected chi connectivity index (χ4v) is 3.22. The van der Waals surface area contributed by atoms with Crippen molar-refractivity contribution in [2.24, 2.45) is 0 Å². The van der Waals surface area contributed by atoms with Crippen molar-refractivity contribution in [3.63, 3.8) is 0 Å². The summed E-state index contributed by atoms with van der Waals surface area (Å²) in [5, 5.41) is 2.61. The van der Waals surface area contributed by atoms with Crippen LogP contribution in [-0.4, -0.2) is 39.6 Å². The Balaban J connectivity index is 1.85. The summed E-state index contributed by atoms with van der Waals surface area (Å²) in [5.74, 6) is -2.42. The molecule has 0 fully saturated rings. The van der Waals surface area contributed by atoms with Crippen LogP contribution in [0.25, 0.3) is 11.3 Å². The van der Waals surface area contributed by atoms with Gasteiger partial charge in [0.05, 0.1) is 18.8 Å². The first-order valence-electron chi connectivity index (χ1n) is 8.45. The van der Waals surface area contributed by atoms with Crippen LogP contribution in [-0.2, 0) is 20.7 Å². The highest BCUT2D eigenvalue weighted by Crippen LogP contribution is 2.21. The van der Waals surface area contributed by atoms with Gasteiger partial charge < -0.3 is 10.1 Å². The SMILES string of the molecule is COC(=O)C(=O)C(Cc1ccccc1)NC(=O)c1nsnc1-c1ccccc1. The third-order valence-corrected chi connectivity index (χ3v) is 4.57. The molecule has 1 atom stereocenters. The van der Waals surface area contributed by atoms with Gasteiger partial charge in [0.2, 0.25) is 0 Å². The minimum atomic E-state index is -1.08. The van der Waals surface area contributed by atoms with E-state index >= 15 is 0 Å². The number of hydrogen-bond acceptors (Lipinski definition) is 7. The number of benzene rings is 2. The summed E-state index contributed by atoms with van der Waals surface area (Å²) in [7, 11) is 1.12. The smallest absolute Gasteiger partial charge is 0.376 e. The predicted octanol–water partition coefficient (Wildman–Crippen LogP) is 2.29. The Labute approximate surface area is 165 Å². The van der Waals surface area contributed by atoms with Crippen LogP contribution in [0, 0.1) is 0 Å². The molecule has 3 aromatic rings. The highest BCUT2D eigenvalue weighted by Gasteiger charge is 2.30. The summed E-state index contributed by atoms with van der Waals surface area (Å²) in [6, 6.07) is 17.2. The van der Waals surface area contributed by atoms with Crippen molar-refractivity contribution in [2.45, 2.75) is 12.5 Å². The topological polar surface area (TPSA) is 98.2 Å². The number of methoxy groups -OCH3 is 1. The first-order valence-corrected chi connectivity index (χ1v) is 9.18. The number of ether oxygens (including phenoxy) is 1. The zero-order valence-electron chi connectivity index (χ0n) is 15.0. The van der Waals surface area contributed by atoms with Gasteiger partial charge in [-0.3, -0.25) is 9.59 Å². The molecule has 0 bridgehead atoms. The molecule has 1 aromatic heterocycles. The van der Waals surface area contributed by atoms with Gasteiger partial charge in [-0.2, -0.15) is 8.75 Å². The molecule has 1 heterocycles. The molecule has 28 heavy (non-hydrogen) atoms. The van der Waals surface area contributed by atoms with E-state index in [1.807, 2.05) is 60.7 Å². The van der Waals surface area contributed by atoms with E-state index in [1.54, 1.807) is 0 Å². The lowest BCUT2D eigenvalue weighted by Crippen LogP contribution is -2.46. The van der Waals surface area contributed by atoms with Crippen molar-refractivity contribution < 1.29 is 19.1 Å². The molecule has 1 N–H and O–H groups in total. The molecule has 0 aliphatic rings. The molecule has 3 rings (SSSR count). The standard InChI is InChI=1S/C20H17N3O4S/c1-27-20(26)18(24)15(12-13-8-4-2-5-9-13)21-19(25)17-16(22-28-23-17)14-10-6-3-7-11-14/h2-11,15H,12H2,1H3,(H,21,25). The largest absolute Gasteiger partial charge is 0.463 e. The van der Waals surface area contributed by atoms with Crippen molar-refractivity contribution in [3.05, 3.63) is 71.9 Å². The van der Waals surface area contributed by atoms with E-state index in [4.69, 9.17) is 0 Å². The molecule has 1 amide bonds. The Kier molecular flexibility index (Phi) is 6.23. The summed E-state index contributed by atoms with van der Waals surface area (Å²) in [6.07, 6.45) is 0.152. The van der Waals surface area contributed by atoms with Gasteiger partial charge in [-0.25, -0.2) is 4.79 Å². The van der Waals surface area contributed by atoms with Crippen molar-refractivity contribution in [1.82, 2.24) is 14.1 Å². The van der Waals surface area contributed by atoms with E-state index in [2.05, 4.69) is 18.8 Å². The minimum absolute atomic E-state index is 0.104. The molecule has 0 saturated heterocycles. The van der Waals surface area contributed by atoms with Gasteiger partial charge in [-0.1, -0.05) is 60.7 Å². The number of aromatic nitrogens is 2. The zero-order valence-corrected chi connectivity index (χ0v) is 15.8. The average molecular weight is 395 g/mol. The lowest BCUT2D eigenvalue weighted by molar-refractivity contribution is -0.152. The number of nitrogens with one attached hydrogen (secondary N) is 1. The number of carbonyl (C=O) groups excluding carboxylic acids is 3. The number of Topliss-reactive ketones (excluding diaryl/α,β-unsaturated/α-hetero) is 1. The third-order valence-electron chi connectivity index (χ3n) is 4.04. The van der Waals surface area contributed by atoms with Crippen LogP contribution in [0.1, 0.15) is 16.1 Å². The quantitative estimate of drug-likeness (QED) is 0.487. The molecule has 142 valence electrons. The maximum absolute atomic E-state index is 12.8. The fourth-order valence-electron chi connectivity index (χ4n) is 2.65. The lowest BCUT2D eigenvalue weighted by atomic mass is 10.0. The Morgan fingerprint density at radius 2 is 1.64 bits per heavy atom. The Morgan fingerprint density at radius 3 is 2.29 bits per heavy atom. The molecular formula is C20H17N3O4S. The van der Waals surface area contributed by atoms with E-state index in [-0.39, 0.29) is 12.1 Å². The number of carbonyl (C=O) groups is 3. The predicted molar refractivity (Wildman–Crippen MR) is 104 cm³/mol. The first-order chi connectivity index (χ1) is 13.6. The van der Waals surface area contributed by atoms with Gasteiger partial charge in [0.1, 0.15) is 11.7 Å². The van der Waals surface area contributed by atoms with E-state index in [1.165, 1.54) is 0 Å². The molecule has 0 spiro atoms. The summed E-state index contributed by atoms with van der Waals surface area (Å²) < 4.78 is 12.8. The molecule has 8 heteroatoms. The van der Waals surface area contributed by atoms with Crippen molar-refractivity contribution in [2.75, 3.05) is 7.11 Å². The number of ketones is 1. The average Bonchev–Trinajstić information content (AvgIpc) is 3.23. The molecular weight excluding hydrogens is 378 g/mol. The van der Waals surface area contributed by atoms with Gasteiger partial charge in [0.25, 0.3) is 11.7 Å². The van der Waals surface area contributed by atoms with E-state index in [0.717, 1.165) is 30.0 Å². The Morgan fingerprint density at radius 1 is 1.00 bits per heavy atom. The zero-order chi connectivity index (χ0) is 19.9.